The van der Waals surface area contributed by atoms with E-state index in [0.717, 1.165) is 25.9 Å². The molecule has 1 aliphatic rings. The normalized spacial score (nSPS) is 17.5. The van der Waals surface area contributed by atoms with Crippen LogP contribution < -0.4 is 5.32 Å². The van der Waals surface area contributed by atoms with Crippen molar-refractivity contribution >= 4 is 5.91 Å². The fourth-order valence-corrected chi connectivity index (χ4v) is 1.66. The molecule has 0 saturated heterocycles. The molecule has 88 valence electrons. The molecule has 1 unspecified atom stereocenters. The number of carbonyl (C=O) groups excluding carboxylic acids is 1. The largest absolute Gasteiger partial charge is 0.392 e. The molecule has 0 aromatic heterocycles. The predicted octanol–water partition coefficient (Wildman–Crippen LogP) is 0.215. The number of aliphatic hydroxyl groups excluding tert-OH is 1. The van der Waals surface area contributed by atoms with Crippen molar-refractivity contribution in [1.29, 1.82) is 0 Å². The van der Waals surface area contributed by atoms with Gasteiger partial charge < -0.3 is 15.3 Å². The molecule has 1 aliphatic carbocycles. The Balaban J connectivity index is 2.10. The fourth-order valence-electron chi connectivity index (χ4n) is 1.66. The summed E-state index contributed by atoms with van der Waals surface area (Å²) < 4.78 is 0. The highest BCUT2D eigenvalue weighted by atomic mass is 16.3. The van der Waals surface area contributed by atoms with Gasteiger partial charge >= 0.3 is 0 Å². The average molecular weight is 214 g/mol. The van der Waals surface area contributed by atoms with E-state index in [-0.39, 0.29) is 12.0 Å². The van der Waals surface area contributed by atoms with Crippen LogP contribution in [0.5, 0.6) is 0 Å². The van der Waals surface area contributed by atoms with Gasteiger partial charge in [0.25, 0.3) is 0 Å². The average Bonchev–Trinajstić information content (AvgIpc) is 3.02. The summed E-state index contributed by atoms with van der Waals surface area (Å²) in [5.41, 5.74) is 0. The van der Waals surface area contributed by atoms with Crippen LogP contribution >= 0.6 is 0 Å². The maximum Gasteiger partial charge on any atom is 0.236 e. The summed E-state index contributed by atoms with van der Waals surface area (Å²) in [6, 6.07) is 0. The summed E-state index contributed by atoms with van der Waals surface area (Å²) >= 11 is 0. The number of hydrogen-bond acceptors (Lipinski definition) is 3. The van der Waals surface area contributed by atoms with E-state index in [0.29, 0.717) is 19.0 Å². The number of carbonyl (C=O) groups is 1. The standard InChI is InChI=1S/C11H22N2O2/c1-3-13(4-2)11(15)8-12-7-10(14)9-5-6-9/h9-10,12,14H,3-8H2,1-2H3. The maximum atomic E-state index is 11.6. The first-order valence-electron chi connectivity index (χ1n) is 5.85. The summed E-state index contributed by atoms with van der Waals surface area (Å²) in [7, 11) is 0. The molecule has 1 rings (SSSR count). The van der Waals surface area contributed by atoms with Crippen molar-refractivity contribution in [3.8, 4) is 0 Å². The Hall–Kier alpha value is -0.610. The van der Waals surface area contributed by atoms with E-state index in [2.05, 4.69) is 5.32 Å². The monoisotopic (exact) mass is 214 g/mol. The van der Waals surface area contributed by atoms with E-state index in [1.54, 1.807) is 4.90 Å². The highest BCUT2D eigenvalue weighted by Gasteiger charge is 2.29. The molecule has 0 bridgehead atoms. The Kier molecular flexibility index (Phi) is 5.05. The molecule has 0 aliphatic heterocycles. The molecule has 0 heterocycles. The van der Waals surface area contributed by atoms with Crippen LogP contribution in [0, 0.1) is 5.92 Å². The third-order valence-electron chi connectivity index (χ3n) is 2.91. The second-order valence-electron chi connectivity index (χ2n) is 4.10. The van der Waals surface area contributed by atoms with Gasteiger partial charge in [0.2, 0.25) is 5.91 Å². The van der Waals surface area contributed by atoms with Crippen LogP contribution in [0.1, 0.15) is 26.7 Å². The van der Waals surface area contributed by atoms with Crippen molar-refractivity contribution in [2.24, 2.45) is 5.92 Å². The van der Waals surface area contributed by atoms with E-state index in [9.17, 15) is 9.90 Å². The van der Waals surface area contributed by atoms with Crippen LogP contribution in [0.2, 0.25) is 0 Å². The lowest BCUT2D eigenvalue weighted by Crippen LogP contribution is -2.40. The number of amides is 1. The van der Waals surface area contributed by atoms with Gasteiger partial charge in [0.1, 0.15) is 0 Å². The Bertz CT molecular complexity index is 201. The number of likely N-dealkylation sites (N-methyl/N-ethyl adjacent to an activating group) is 1. The summed E-state index contributed by atoms with van der Waals surface area (Å²) in [4.78, 5) is 13.3. The summed E-state index contributed by atoms with van der Waals surface area (Å²) in [5.74, 6) is 0.587. The van der Waals surface area contributed by atoms with Gasteiger partial charge in [0, 0.05) is 19.6 Å². The molecule has 0 spiro atoms. The van der Waals surface area contributed by atoms with E-state index in [1.165, 1.54) is 0 Å². The predicted molar refractivity (Wildman–Crippen MR) is 59.5 cm³/mol. The smallest absolute Gasteiger partial charge is 0.236 e. The SMILES string of the molecule is CCN(CC)C(=O)CNCC(O)C1CC1. The van der Waals surface area contributed by atoms with E-state index in [1.807, 2.05) is 13.8 Å². The van der Waals surface area contributed by atoms with Crippen LogP contribution in [-0.2, 0) is 4.79 Å². The van der Waals surface area contributed by atoms with Crippen molar-refractivity contribution in [2.75, 3.05) is 26.2 Å². The van der Waals surface area contributed by atoms with Crippen molar-refractivity contribution in [1.82, 2.24) is 10.2 Å². The Morgan fingerprint density at radius 1 is 1.47 bits per heavy atom. The van der Waals surface area contributed by atoms with E-state index >= 15 is 0 Å². The van der Waals surface area contributed by atoms with Crippen LogP contribution in [-0.4, -0.2) is 48.2 Å². The number of hydrogen-bond donors (Lipinski definition) is 2. The quantitative estimate of drug-likeness (QED) is 0.637. The third kappa shape index (κ3) is 4.18. The first kappa shape index (κ1) is 12.5. The minimum absolute atomic E-state index is 0.114. The van der Waals surface area contributed by atoms with Gasteiger partial charge in [0.15, 0.2) is 0 Å². The molecule has 1 amide bonds. The minimum Gasteiger partial charge on any atom is -0.392 e. The van der Waals surface area contributed by atoms with Crippen molar-refractivity contribution < 1.29 is 9.90 Å². The van der Waals surface area contributed by atoms with Crippen molar-refractivity contribution in [3.05, 3.63) is 0 Å². The lowest BCUT2D eigenvalue weighted by atomic mass is 10.2. The zero-order valence-corrected chi connectivity index (χ0v) is 9.70. The first-order valence-corrected chi connectivity index (χ1v) is 5.85. The molecule has 2 N–H and O–H groups in total. The third-order valence-corrected chi connectivity index (χ3v) is 2.91. The number of rotatable bonds is 7. The van der Waals surface area contributed by atoms with Crippen molar-refractivity contribution in [2.45, 2.75) is 32.8 Å². The van der Waals surface area contributed by atoms with Crippen LogP contribution in [0.3, 0.4) is 0 Å². The topological polar surface area (TPSA) is 52.6 Å². The van der Waals surface area contributed by atoms with Crippen LogP contribution in [0.15, 0.2) is 0 Å². The van der Waals surface area contributed by atoms with Gasteiger partial charge in [-0.3, -0.25) is 4.79 Å². The van der Waals surface area contributed by atoms with E-state index < -0.39 is 0 Å². The van der Waals surface area contributed by atoms with Gasteiger partial charge in [-0.2, -0.15) is 0 Å². The minimum atomic E-state index is -0.269. The second kappa shape index (κ2) is 6.08. The van der Waals surface area contributed by atoms with Gasteiger partial charge in [-0.05, 0) is 32.6 Å². The molecule has 4 nitrogen and oxygen atoms in total. The molecule has 0 aromatic carbocycles. The molecule has 15 heavy (non-hydrogen) atoms. The lowest BCUT2D eigenvalue weighted by Gasteiger charge is -2.19. The number of nitrogens with one attached hydrogen (secondary N) is 1. The maximum absolute atomic E-state index is 11.6. The molecular formula is C11H22N2O2. The molecule has 0 radical (unpaired) electrons. The second-order valence-corrected chi connectivity index (χ2v) is 4.10. The fraction of sp³-hybridized carbons (Fsp3) is 0.909. The van der Waals surface area contributed by atoms with Gasteiger partial charge in [-0.15, -0.1) is 0 Å². The zero-order valence-electron chi connectivity index (χ0n) is 9.70. The molecule has 1 fully saturated rings. The molecule has 0 aromatic rings. The van der Waals surface area contributed by atoms with Crippen LogP contribution in [0.4, 0.5) is 0 Å². The molecule has 1 atom stereocenters. The first-order chi connectivity index (χ1) is 7.19. The lowest BCUT2D eigenvalue weighted by molar-refractivity contribution is -0.129. The Morgan fingerprint density at radius 2 is 2.07 bits per heavy atom. The molecule has 4 heteroatoms. The van der Waals surface area contributed by atoms with E-state index in [4.69, 9.17) is 0 Å². The summed E-state index contributed by atoms with van der Waals surface area (Å²) in [5, 5.41) is 12.6. The van der Waals surface area contributed by atoms with Gasteiger partial charge in [-0.25, -0.2) is 0 Å². The van der Waals surface area contributed by atoms with Crippen LogP contribution in [0.25, 0.3) is 0 Å². The summed E-state index contributed by atoms with van der Waals surface area (Å²) in [6.07, 6.45) is 1.99. The van der Waals surface area contributed by atoms with Gasteiger partial charge in [0.05, 0.1) is 12.6 Å². The summed E-state index contributed by atoms with van der Waals surface area (Å²) in [6.45, 7) is 6.33. The van der Waals surface area contributed by atoms with Crippen molar-refractivity contribution in [3.63, 3.8) is 0 Å². The number of aliphatic hydroxyl groups is 1. The Labute approximate surface area is 91.6 Å². The zero-order chi connectivity index (χ0) is 11.3. The van der Waals surface area contributed by atoms with Gasteiger partial charge in [-0.1, -0.05) is 0 Å². The highest BCUT2D eigenvalue weighted by Crippen LogP contribution is 2.32. The highest BCUT2D eigenvalue weighted by molar-refractivity contribution is 5.78. The number of nitrogens with zero attached hydrogens (tertiary/aromatic N) is 1. The molecular weight excluding hydrogens is 192 g/mol. The molecule has 1 saturated carbocycles. The Morgan fingerprint density at radius 3 is 2.53 bits per heavy atom.